The van der Waals surface area contributed by atoms with Gasteiger partial charge in [-0.15, -0.1) is 0 Å². The fourth-order valence-corrected chi connectivity index (χ4v) is 11.5. The van der Waals surface area contributed by atoms with Crippen LogP contribution in [-0.2, 0) is 0 Å². The first-order valence-electron chi connectivity index (χ1n) is 29.5. The van der Waals surface area contributed by atoms with Gasteiger partial charge in [-0.25, -0.2) is 29.9 Å². The molecule has 16 aromatic rings. The minimum absolute atomic E-state index is 0.418. The van der Waals surface area contributed by atoms with Gasteiger partial charge in [0.2, 0.25) is 0 Å². The van der Waals surface area contributed by atoms with Crippen molar-refractivity contribution in [2.45, 2.75) is 0 Å². The van der Waals surface area contributed by atoms with Crippen molar-refractivity contribution in [2.75, 3.05) is 0 Å². The minimum Gasteiger partial charge on any atom is -0.256 e. The van der Waals surface area contributed by atoms with Gasteiger partial charge in [0.05, 0.1) is 84.0 Å². The number of hydrogen-bond acceptors (Lipinski definition) is 12. The Kier molecular flexibility index (Phi) is 13.6. The molecule has 0 radical (unpaired) electrons. The smallest absolute Gasteiger partial charge is 0.162 e. The van der Waals surface area contributed by atoms with Gasteiger partial charge >= 0.3 is 0 Å². The summed E-state index contributed by atoms with van der Waals surface area (Å²) < 4.78 is 0. The molecule has 7 aromatic carbocycles. The van der Waals surface area contributed by atoms with Gasteiger partial charge in [-0.1, -0.05) is 182 Å². The van der Waals surface area contributed by atoms with Gasteiger partial charge in [-0.05, 0) is 72.8 Å². The van der Waals surface area contributed by atoms with Gasteiger partial charge in [0.15, 0.2) is 17.5 Å². The maximum atomic E-state index is 5.70. The molecule has 12 heteroatoms. The Labute approximate surface area is 517 Å². The molecular weight excluding hydrogens is 1100 g/mol. The average Bonchev–Trinajstić information content (AvgIpc) is 0.753. The second-order valence-electron chi connectivity index (χ2n) is 21.6. The van der Waals surface area contributed by atoms with Crippen molar-refractivity contribution in [3.63, 3.8) is 0 Å². The summed E-state index contributed by atoms with van der Waals surface area (Å²) in [6.45, 7) is 0. The first kappa shape index (κ1) is 53.0. The van der Waals surface area contributed by atoms with Gasteiger partial charge < -0.3 is 0 Å². The van der Waals surface area contributed by atoms with Crippen molar-refractivity contribution in [2.24, 2.45) is 0 Å². The van der Waals surface area contributed by atoms with E-state index in [2.05, 4.69) is 54.6 Å². The average molecular weight is 1150 g/mol. The first-order valence-corrected chi connectivity index (χ1v) is 29.5. The Morgan fingerprint density at radius 2 is 0.344 bits per heavy atom. The van der Waals surface area contributed by atoms with E-state index in [1.54, 1.807) is 0 Å². The zero-order chi connectivity index (χ0) is 59.7. The summed E-state index contributed by atoms with van der Waals surface area (Å²) in [6, 6.07) is 85.1. The van der Waals surface area contributed by atoms with Crippen LogP contribution in [0.15, 0.2) is 292 Å². The van der Waals surface area contributed by atoms with E-state index in [0.29, 0.717) is 84.0 Å². The van der Waals surface area contributed by atoms with E-state index in [0.717, 1.165) is 84.2 Å². The van der Waals surface area contributed by atoms with Gasteiger partial charge in [0.1, 0.15) is 0 Å². The van der Waals surface area contributed by atoms with Gasteiger partial charge in [0.25, 0.3) is 0 Å². The van der Waals surface area contributed by atoms with E-state index < -0.39 is 0 Å². The minimum atomic E-state index is 0.418. The molecule has 16 rings (SSSR count). The van der Waals surface area contributed by atoms with Gasteiger partial charge in [-0.2, -0.15) is 0 Å². The molecule has 0 aliphatic heterocycles. The Bertz CT molecular complexity index is 4690. The molecule has 0 atom stereocenters. The largest absolute Gasteiger partial charge is 0.256 e. The van der Waals surface area contributed by atoms with Crippen LogP contribution in [0.2, 0.25) is 0 Å². The Hall–Kier alpha value is -12.5. The van der Waals surface area contributed by atoms with Crippen molar-refractivity contribution in [3.8, 4) is 135 Å². The normalized spacial score (nSPS) is 11.3. The van der Waals surface area contributed by atoms with Gasteiger partial charge in [-0.3, -0.25) is 29.9 Å². The molecule has 0 unspecified atom stereocenters. The summed E-state index contributed by atoms with van der Waals surface area (Å²) in [5, 5.41) is 1.87. The molecule has 0 N–H and O–H groups in total. The Morgan fingerprint density at radius 1 is 0.156 bits per heavy atom. The zero-order valence-corrected chi connectivity index (χ0v) is 48.1. The summed E-state index contributed by atoms with van der Waals surface area (Å²) in [6.07, 6.45) is 11.1. The lowest BCUT2D eigenvalue weighted by molar-refractivity contribution is 1.18. The third-order valence-corrected chi connectivity index (χ3v) is 16.0. The standard InChI is InChI=1S/C78H48N12/c1-7-19-49(20-8-1)61-37-31-55(43-79-61)70-67-73(88-76(85-70)58-34-40-64(82-46-58)52-25-13-4-14-26-52)68-71(56-32-38-62(80-44-56)50-21-9-2-10-22-50)87-78(60-36-42-66(84-48-60)54-29-17-6-18-30-54)90-75(68)69-72(57-33-39-63(81-45-57)51-23-11-3-12-24-51)86-77(89-74(67)69)59-35-41-65(83-47-59)53-27-15-5-16-28-53/h1-48H. The number of fused-ring (bicyclic) bond motifs is 6. The Morgan fingerprint density at radius 3 is 0.522 bits per heavy atom. The van der Waals surface area contributed by atoms with E-state index in [9.17, 15) is 0 Å². The van der Waals surface area contributed by atoms with Crippen LogP contribution in [0.25, 0.3) is 168 Å². The maximum absolute atomic E-state index is 5.70. The van der Waals surface area contributed by atoms with Crippen LogP contribution in [0.3, 0.4) is 0 Å². The molecule has 0 amide bonds. The highest BCUT2D eigenvalue weighted by Gasteiger charge is 2.28. The number of benzene rings is 7. The molecule has 420 valence electrons. The summed E-state index contributed by atoms with van der Waals surface area (Å²) >= 11 is 0. The molecular formula is C78H48N12. The fraction of sp³-hybridized carbons (Fsp3) is 0. The van der Waals surface area contributed by atoms with Crippen molar-refractivity contribution in [1.82, 2.24) is 59.8 Å². The predicted molar refractivity (Wildman–Crippen MR) is 358 cm³/mol. The van der Waals surface area contributed by atoms with Crippen molar-refractivity contribution < 1.29 is 0 Å². The monoisotopic (exact) mass is 1150 g/mol. The zero-order valence-electron chi connectivity index (χ0n) is 48.1. The quantitative estimate of drug-likeness (QED) is 0.107. The second-order valence-corrected chi connectivity index (χ2v) is 21.6. The van der Waals surface area contributed by atoms with Crippen LogP contribution in [0.5, 0.6) is 0 Å². The highest BCUT2D eigenvalue weighted by molar-refractivity contribution is 6.30. The molecule has 90 heavy (non-hydrogen) atoms. The predicted octanol–water partition coefficient (Wildman–Crippen LogP) is 17.9. The number of nitrogens with zero attached hydrogens (tertiary/aromatic N) is 12. The lowest BCUT2D eigenvalue weighted by Crippen LogP contribution is -2.05. The van der Waals surface area contributed by atoms with Crippen LogP contribution in [0.1, 0.15) is 0 Å². The molecule has 0 bridgehead atoms. The van der Waals surface area contributed by atoms with Crippen LogP contribution >= 0.6 is 0 Å². The van der Waals surface area contributed by atoms with Crippen molar-refractivity contribution in [3.05, 3.63) is 292 Å². The van der Waals surface area contributed by atoms with E-state index in [1.165, 1.54) is 0 Å². The summed E-state index contributed by atoms with van der Waals surface area (Å²) in [7, 11) is 0. The number of pyridine rings is 6. The van der Waals surface area contributed by atoms with Crippen molar-refractivity contribution >= 4 is 32.7 Å². The molecule has 0 saturated carbocycles. The van der Waals surface area contributed by atoms with Crippen molar-refractivity contribution in [1.29, 1.82) is 0 Å². The molecule has 0 spiro atoms. The molecule has 0 aliphatic rings. The van der Waals surface area contributed by atoms with E-state index in [-0.39, 0.29) is 0 Å². The second kappa shape index (κ2) is 23.0. The molecule has 12 nitrogen and oxygen atoms in total. The highest BCUT2D eigenvalue weighted by Crippen LogP contribution is 2.46. The van der Waals surface area contributed by atoms with E-state index in [4.69, 9.17) is 59.8 Å². The lowest BCUT2D eigenvalue weighted by atomic mass is 9.94. The molecule has 0 fully saturated rings. The molecule has 0 saturated heterocycles. The van der Waals surface area contributed by atoms with Crippen LogP contribution in [-0.4, -0.2) is 59.8 Å². The third kappa shape index (κ3) is 10.1. The summed E-state index contributed by atoms with van der Waals surface area (Å²) in [4.78, 5) is 64.3. The molecule has 9 aromatic heterocycles. The van der Waals surface area contributed by atoms with Crippen LogP contribution in [0.4, 0.5) is 0 Å². The highest BCUT2D eigenvalue weighted by atomic mass is 15.0. The SMILES string of the molecule is c1ccc(-c2ccc(-c3nc(-c4ccc(-c5ccccc5)nc4)c4c(n3)c3c(-c5ccc(-c6ccccc6)nc5)nc(-c5ccc(-c6ccccc6)nc5)nc3c3c(-c5ccc(-c6ccccc6)nc5)nc(-c5ccc(-c6ccccc6)nc5)nc43)cn2)cc1. The van der Waals surface area contributed by atoms with Crippen LogP contribution in [0, 0.1) is 0 Å². The number of rotatable bonds is 12. The van der Waals surface area contributed by atoms with Crippen LogP contribution < -0.4 is 0 Å². The summed E-state index contributed by atoms with van der Waals surface area (Å²) in [5.74, 6) is 1.25. The van der Waals surface area contributed by atoms with Gasteiger partial charge in [0, 0.05) is 104 Å². The first-order chi connectivity index (χ1) is 44.6. The number of hydrogen-bond donors (Lipinski definition) is 0. The fourth-order valence-electron chi connectivity index (χ4n) is 11.5. The number of aromatic nitrogens is 12. The van der Waals surface area contributed by atoms with E-state index >= 15 is 0 Å². The topological polar surface area (TPSA) is 155 Å². The molecule has 0 aliphatic carbocycles. The Balaban J connectivity index is 1.05. The maximum Gasteiger partial charge on any atom is 0.162 e. The summed E-state index contributed by atoms with van der Waals surface area (Å²) in [5.41, 5.74) is 18.3. The lowest BCUT2D eigenvalue weighted by Gasteiger charge is -2.19. The third-order valence-electron chi connectivity index (χ3n) is 16.0. The molecule has 9 heterocycles. The van der Waals surface area contributed by atoms with E-state index in [1.807, 2.05) is 237 Å².